The fourth-order valence-electron chi connectivity index (χ4n) is 4.03. The molecule has 2 heterocycles. The molecular formula is C25H26F5N3O4. The van der Waals surface area contributed by atoms with Gasteiger partial charge >= 0.3 is 12.1 Å². The standard InChI is InChI=1S/C23H25F2N3O2.C2HF3O2/c24-18-8-6-16(7-9-18)15-2-4-17(5-3-15)20(22(29)27-11-1-12-27)21(26)23(30)28-13-10-19(25)14-28;3-2(4,5)1(6)7/h2-9,19-21H,1,10-14,26H2;(H,6,7)/t19-,20-,21-;/m0./s1. The summed E-state index contributed by atoms with van der Waals surface area (Å²) in [6.07, 6.45) is -4.89. The van der Waals surface area contributed by atoms with E-state index in [1.54, 1.807) is 29.2 Å². The van der Waals surface area contributed by atoms with Gasteiger partial charge in [-0.05, 0) is 41.7 Å². The summed E-state index contributed by atoms with van der Waals surface area (Å²) in [6.45, 7) is 1.66. The van der Waals surface area contributed by atoms with E-state index in [-0.39, 0.29) is 18.3 Å². The number of carboxylic acid groups (broad SMARTS) is 1. The van der Waals surface area contributed by atoms with Crippen molar-refractivity contribution in [2.45, 2.75) is 37.1 Å². The van der Waals surface area contributed by atoms with Gasteiger partial charge in [-0.15, -0.1) is 0 Å². The number of nitrogens with two attached hydrogens (primary N) is 1. The Bertz CT molecular complexity index is 1100. The van der Waals surface area contributed by atoms with E-state index in [2.05, 4.69) is 0 Å². The highest BCUT2D eigenvalue weighted by Crippen LogP contribution is 2.29. The lowest BCUT2D eigenvalue weighted by molar-refractivity contribution is -0.192. The molecule has 3 N–H and O–H groups in total. The van der Waals surface area contributed by atoms with Crippen LogP contribution in [0.15, 0.2) is 48.5 Å². The Morgan fingerprint density at radius 1 is 0.892 bits per heavy atom. The first-order chi connectivity index (χ1) is 17.4. The minimum absolute atomic E-state index is 0.0284. The van der Waals surface area contributed by atoms with Gasteiger partial charge in [0.25, 0.3) is 0 Å². The molecule has 2 aliphatic rings. The van der Waals surface area contributed by atoms with Gasteiger partial charge in [-0.25, -0.2) is 13.6 Å². The molecule has 0 aromatic heterocycles. The summed E-state index contributed by atoms with van der Waals surface area (Å²) in [4.78, 5) is 38.0. The molecule has 0 bridgehead atoms. The number of carbonyl (C=O) groups is 3. The number of likely N-dealkylation sites (tertiary alicyclic amines) is 2. The SMILES string of the molecule is N[C@H](C(=O)N1CC[C@H](F)C1)[C@@H](C(=O)N1CCC1)c1ccc(-c2ccc(F)cc2)cc1.O=C(O)C(F)(F)F. The summed E-state index contributed by atoms with van der Waals surface area (Å²) in [5.74, 6) is -4.45. The van der Waals surface area contributed by atoms with Gasteiger partial charge in [-0.3, -0.25) is 9.59 Å². The number of aliphatic carboxylic acids is 1. The third-order valence-electron chi connectivity index (χ3n) is 6.21. The maximum Gasteiger partial charge on any atom is 0.490 e. The summed E-state index contributed by atoms with van der Waals surface area (Å²) >= 11 is 0. The van der Waals surface area contributed by atoms with Crippen LogP contribution >= 0.6 is 0 Å². The van der Waals surface area contributed by atoms with Gasteiger partial charge in [-0.1, -0.05) is 36.4 Å². The van der Waals surface area contributed by atoms with Crippen molar-refractivity contribution >= 4 is 17.8 Å². The summed E-state index contributed by atoms with van der Waals surface area (Å²) in [5.41, 5.74) is 8.66. The second-order valence-electron chi connectivity index (χ2n) is 8.78. The predicted molar refractivity (Wildman–Crippen MR) is 124 cm³/mol. The van der Waals surface area contributed by atoms with E-state index in [0.29, 0.717) is 31.6 Å². The molecule has 2 aromatic carbocycles. The third-order valence-corrected chi connectivity index (χ3v) is 6.21. The van der Waals surface area contributed by atoms with Crippen LogP contribution in [0.3, 0.4) is 0 Å². The van der Waals surface area contributed by atoms with E-state index in [9.17, 15) is 31.5 Å². The molecule has 2 aromatic rings. The summed E-state index contributed by atoms with van der Waals surface area (Å²) in [7, 11) is 0. The van der Waals surface area contributed by atoms with Crippen molar-refractivity contribution in [2.24, 2.45) is 5.73 Å². The number of rotatable bonds is 5. The van der Waals surface area contributed by atoms with E-state index < -0.39 is 36.2 Å². The number of nitrogens with zero attached hydrogens (tertiary/aromatic N) is 2. The molecule has 37 heavy (non-hydrogen) atoms. The molecule has 2 fully saturated rings. The zero-order valence-corrected chi connectivity index (χ0v) is 19.6. The monoisotopic (exact) mass is 527 g/mol. The molecular weight excluding hydrogens is 501 g/mol. The normalized spacial score (nSPS) is 18.8. The molecule has 4 rings (SSSR count). The topological polar surface area (TPSA) is 104 Å². The van der Waals surface area contributed by atoms with Gasteiger partial charge in [0.2, 0.25) is 11.8 Å². The maximum absolute atomic E-state index is 13.6. The lowest BCUT2D eigenvalue weighted by atomic mass is 9.87. The Kier molecular flexibility index (Phi) is 8.85. The van der Waals surface area contributed by atoms with Crippen LogP contribution in [0.25, 0.3) is 11.1 Å². The van der Waals surface area contributed by atoms with Crippen molar-refractivity contribution < 1.29 is 41.4 Å². The number of amides is 2. The minimum Gasteiger partial charge on any atom is -0.475 e. The number of benzene rings is 2. The molecule has 0 spiro atoms. The first-order valence-electron chi connectivity index (χ1n) is 11.5. The quantitative estimate of drug-likeness (QED) is 0.581. The lowest BCUT2D eigenvalue weighted by Crippen LogP contribution is -2.53. The molecule has 7 nitrogen and oxygen atoms in total. The Morgan fingerprint density at radius 3 is 1.81 bits per heavy atom. The lowest BCUT2D eigenvalue weighted by Gasteiger charge is -2.36. The molecule has 0 radical (unpaired) electrons. The van der Waals surface area contributed by atoms with E-state index in [1.807, 2.05) is 12.1 Å². The Morgan fingerprint density at radius 2 is 1.41 bits per heavy atom. The van der Waals surface area contributed by atoms with Gasteiger partial charge in [0.05, 0.1) is 12.5 Å². The van der Waals surface area contributed by atoms with E-state index in [4.69, 9.17) is 15.6 Å². The van der Waals surface area contributed by atoms with Crippen LogP contribution in [0.5, 0.6) is 0 Å². The number of hydrogen-bond acceptors (Lipinski definition) is 4. The Labute approximate surface area is 209 Å². The van der Waals surface area contributed by atoms with Crippen LogP contribution in [0, 0.1) is 5.82 Å². The van der Waals surface area contributed by atoms with Crippen molar-refractivity contribution in [3.8, 4) is 11.1 Å². The molecule has 2 amide bonds. The van der Waals surface area contributed by atoms with Crippen LogP contribution in [0.2, 0.25) is 0 Å². The molecule has 0 aliphatic carbocycles. The van der Waals surface area contributed by atoms with Gasteiger partial charge in [0, 0.05) is 19.6 Å². The second-order valence-corrected chi connectivity index (χ2v) is 8.78. The fraction of sp³-hybridized carbons (Fsp3) is 0.400. The van der Waals surface area contributed by atoms with Gasteiger partial charge < -0.3 is 20.6 Å². The number of halogens is 5. The highest BCUT2D eigenvalue weighted by atomic mass is 19.4. The molecule has 2 saturated heterocycles. The van der Waals surface area contributed by atoms with Crippen molar-refractivity contribution in [2.75, 3.05) is 26.2 Å². The van der Waals surface area contributed by atoms with Crippen molar-refractivity contribution in [3.05, 3.63) is 59.9 Å². The van der Waals surface area contributed by atoms with E-state index in [1.165, 1.54) is 17.0 Å². The van der Waals surface area contributed by atoms with Crippen LogP contribution in [-0.4, -0.2) is 77.3 Å². The maximum atomic E-state index is 13.6. The van der Waals surface area contributed by atoms with Crippen molar-refractivity contribution in [1.29, 1.82) is 0 Å². The van der Waals surface area contributed by atoms with Crippen molar-refractivity contribution in [3.63, 3.8) is 0 Å². The van der Waals surface area contributed by atoms with Gasteiger partial charge in [0.1, 0.15) is 18.0 Å². The molecule has 12 heteroatoms. The summed E-state index contributed by atoms with van der Waals surface area (Å²) in [6, 6.07) is 12.3. The third kappa shape index (κ3) is 7.03. The van der Waals surface area contributed by atoms with Crippen LogP contribution in [-0.2, 0) is 14.4 Å². The number of carbonyl (C=O) groups excluding carboxylic acids is 2. The summed E-state index contributed by atoms with van der Waals surface area (Å²) in [5, 5.41) is 7.12. The minimum atomic E-state index is -5.08. The highest BCUT2D eigenvalue weighted by Gasteiger charge is 2.40. The molecule has 2 aliphatic heterocycles. The largest absolute Gasteiger partial charge is 0.490 e. The number of alkyl halides is 4. The molecule has 200 valence electrons. The zero-order chi connectivity index (χ0) is 27.3. The first-order valence-corrected chi connectivity index (χ1v) is 11.5. The first kappa shape index (κ1) is 28.0. The zero-order valence-electron chi connectivity index (χ0n) is 19.6. The molecule has 0 saturated carbocycles. The van der Waals surface area contributed by atoms with Gasteiger partial charge in [-0.2, -0.15) is 13.2 Å². The number of carboxylic acids is 1. The smallest absolute Gasteiger partial charge is 0.475 e. The van der Waals surface area contributed by atoms with Crippen LogP contribution in [0.1, 0.15) is 24.3 Å². The summed E-state index contributed by atoms with van der Waals surface area (Å²) < 4.78 is 58.5. The number of hydrogen-bond donors (Lipinski definition) is 2. The molecule has 0 unspecified atom stereocenters. The molecule has 3 atom stereocenters. The highest BCUT2D eigenvalue weighted by molar-refractivity contribution is 5.94. The van der Waals surface area contributed by atoms with E-state index >= 15 is 0 Å². The fourth-order valence-corrected chi connectivity index (χ4v) is 4.03. The Hall–Kier alpha value is -3.54. The Balaban J connectivity index is 0.000000479. The predicted octanol–water partition coefficient (Wildman–Crippen LogP) is 3.34. The van der Waals surface area contributed by atoms with Gasteiger partial charge in [0.15, 0.2) is 0 Å². The average molecular weight is 527 g/mol. The average Bonchev–Trinajstić information content (AvgIpc) is 3.24. The van der Waals surface area contributed by atoms with Crippen LogP contribution < -0.4 is 5.73 Å². The van der Waals surface area contributed by atoms with Crippen molar-refractivity contribution in [1.82, 2.24) is 9.80 Å². The second kappa shape index (κ2) is 11.7. The van der Waals surface area contributed by atoms with Crippen LogP contribution in [0.4, 0.5) is 22.0 Å². The van der Waals surface area contributed by atoms with E-state index in [0.717, 1.165) is 17.5 Å².